The van der Waals surface area contributed by atoms with Crippen LogP contribution in [0.1, 0.15) is 23.3 Å². The molecule has 1 fully saturated rings. The summed E-state index contributed by atoms with van der Waals surface area (Å²) in [5.74, 6) is 0.100. The maximum Gasteiger partial charge on any atom is 0.246 e. The molecule has 2 aromatic rings. The van der Waals surface area contributed by atoms with E-state index in [-0.39, 0.29) is 17.9 Å². The van der Waals surface area contributed by atoms with E-state index in [1.165, 1.54) is 0 Å². The Hall–Kier alpha value is -2.40. The molecule has 1 aliphatic rings. The summed E-state index contributed by atoms with van der Waals surface area (Å²) in [7, 11) is 0. The van der Waals surface area contributed by atoms with Crippen molar-refractivity contribution in [1.82, 2.24) is 10.2 Å². The minimum atomic E-state index is 0.0345. The van der Waals surface area contributed by atoms with Crippen LogP contribution in [-0.2, 0) is 16.0 Å². The molecule has 0 bridgehead atoms. The van der Waals surface area contributed by atoms with Gasteiger partial charge in [0.15, 0.2) is 0 Å². The van der Waals surface area contributed by atoms with E-state index in [1.54, 1.807) is 17.4 Å². The largest absolute Gasteiger partial charge is 0.353 e. The molecule has 2 amide bonds. The third-order valence-corrected chi connectivity index (χ3v) is 5.18. The Morgan fingerprint density at radius 1 is 1.12 bits per heavy atom. The van der Waals surface area contributed by atoms with E-state index >= 15 is 0 Å². The van der Waals surface area contributed by atoms with Crippen LogP contribution in [0.25, 0.3) is 6.08 Å². The van der Waals surface area contributed by atoms with E-state index in [0.29, 0.717) is 19.5 Å². The molecule has 1 N–H and O–H groups in total. The lowest BCUT2D eigenvalue weighted by Gasteiger charge is -2.31. The van der Waals surface area contributed by atoms with E-state index in [4.69, 9.17) is 0 Å². The Balaban J connectivity index is 1.43. The van der Waals surface area contributed by atoms with Crippen LogP contribution in [0.5, 0.6) is 0 Å². The number of likely N-dealkylation sites (tertiary alicyclic amines) is 1. The zero-order valence-corrected chi connectivity index (χ0v) is 14.9. The predicted octanol–water partition coefficient (Wildman–Crippen LogP) is 3.11. The molecule has 0 saturated carbocycles. The molecule has 3 rings (SSSR count). The fraction of sp³-hybridized carbons (Fsp3) is 0.300. The first kappa shape index (κ1) is 17.4. The van der Waals surface area contributed by atoms with Gasteiger partial charge in [0.1, 0.15) is 0 Å². The molecular formula is C20H22N2O2S. The lowest BCUT2D eigenvalue weighted by atomic mass is 10.0. The fourth-order valence-corrected chi connectivity index (χ4v) is 3.63. The van der Waals surface area contributed by atoms with Gasteiger partial charge >= 0.3 is 0 Å². The molecule has 130 valence electrons. The molecular weight excluding hydrogens is 332 g/mol. The summed E-state index contributed by atoms with van der Waals surface area (Å²) < 4.78 is 0. The second kappa shape index (κ2) is 8.62. The van der Waals surface area contributed by atoms with Crippen molar-refractivity contribution in [3.8, 4) is 0 Å². The lowest BCUT2D eigenvalue weighted by molar-refractivity contribution is -0.127. The third kappa shape index (κ3) is 5.29. The summed E-state index contributed by atoms with van der Waals surface area (Å²) in [4.78, 5) is 27.3. The second-order valence-corrected chi connectivity index (χ2v) is 7.20. The van der Waals surface area contributed by atoms with Crippen molar-refractivity contribution in [1.29, 1.82) is 0 Å². The first-order valence-corrected chi connectivity index (χ1v) is 9.42. The number of carbonyl (C=O) groups is 2. The first-order chi connectivity index (χ1) is 12.2. The molecule has 0 atom stereocenters. The third-order valence-electron chi connectivity index (χ3n) is 4.30. The molecule has 4 nitrogen and oxygen atoms in total. The fourth-order valence-electron chi connectivity index (χ4n) is 2.93. The quantitative estimate of drug-likeness (QED) is 0.839. The van der Waals surface area contributed by atoms with Crippen LogP contribution in [0, 0.1) is 0 Å². The van der Waals surface area contributed by atoms with Gasteiger partial charge in [0.2, 0.25) is 11.8 Å². The lowest BCUT2D eigenvalue weighted by Crippen LogP contribution is -2.46. The van der Waals surface area contributed by atoms with Crippen LogP contribution >= 0.6 is 11.3 Å². The number of rotatable bonds is 5. The van der Waals surface area contributed by atoms with Crippen LogP contribution in [0.4, 0.5) is 0 Å². The van der Waals surface area contributed by atoms with Crippen LogP contribution in [-0.4, -0.2) is 35.8 Å². The maximum absolute atomic E-state index is 12.3. The minimum Gasteiger partial charge on any atom is -0.353 e. The molecule has 25 heavy (non-hydrogen) atoms. The topological polar surface area (TPSA) is 49.4 Å². The molecule has 1 aliphatic heterocycles. The number of hydrogen-bond acceptors (Lipinski definition) is 3. The molecule has 0 aliphatic carbocycles. The summed E-state index contributed by atoms with van der Waals surface area (Å²) in [6.07, 6.45) is 5.53. The highest BCUT2D eigenvalue weighted by molar-refractivity contribution is 7.10. The van der Waals surface area contributed by atoms with Crippen molar-refractivity contribution in [2.75, 3.05) is 13.1 Å². The smallest absolute Gasteiger partial charge is 0.246 e. The summed E-state index contributed by atoms with van der Waals surface area (Å²) in [5.41, 5.74) is 1.02. The van der Waals surface area contributed by atoms with Gasteiger partial charge in [-0.15, -0.1) is 11.3 Å². The molecule has 1 aromatic carbocycles. The number of nitrogens with zero attached hydrogens (tertiary/aromatic N) is 1. The van der Waals surface area contributed by atoms with Gasteiger partial charge in [-0.1, -0.05) is 36.4 Å². The second-order valence-electron chi connectivity index (χ2n) is 6.17. The van der Waals surface area contributed by atoms with Crippen molar-refractivity contribution >= 4 is 29.2 Å². The van der Waals surface area contributed by atoms with Crippen molar-refractivity contribution < 1.29 is 9.59 Å². The number of amides is 2. The van der Waals surface area contributed by atoms with E-state index < -0.39 is 0 Å². The Morgan fingerprint density at radius 3 is 2.56 bits per heavy atom. The zero-order chi connectivity index (χ0) is 17.5. The Labute approximate surface area is 152 Å². The van der Waals surface area contributed by atoms with Gasteiger partial charge in [-0.2, -0.15) is 0 Å². The molecule has 0 spiro atoms. The van der Waals surface area contributed by atoms with Gasteiger partial charge in [-0.25, -0.2) is 0 Å². The minimum absolute atomic E-state index is 0.0345. The van der Waals surface area contributed by atoms with Gasteiger partial charge < -0.3 is 10.2 Å². The van der Waals surface area contributed by atoms with Gasteiger partial charge in [-0.3, -0.25) is 9.59 Å². The van der Waals surface area contributed by atoms with Gasteiger partial charge in [0.05, 0.1) is 6.42 Å². The maximum atomic E-state index is 12.3. The SMILES string of the molecule is O=C(Cc1cccs1)NC1CCN(C(=O)/C=C/c2ccccc2)CC1. The summed E-state index contributed by atoms with van der Waals surface area (Å²) >= 11 is 1.60. The van der Waals surface area contributed by atoms with E-state index in [9.17, 15) is 9.59 Å². The van der Waals surface area contributed by atoms with E-state index in [0.717, 1.165) is 23.3 Å². The van der Waals surface area contributed by atoms with Crippen LogP contribution in [0.15, 0.2) is 53.9 Å². The van der Waals surface area contributed by atoms with Crippen molar-refractivity contribution in [3.63, 3.8) is 0 Å². The molecule has 2 heterocycles. The molecule has 5 heteroatoms. The zero-order valence-electron chi connectivity index (χ0n) is 14.1. The van der Waals surface area contributed by atoms with Gasteiger partial charge in [0.25, 0.3) is 0 Å². The summed E-state index contributed by atoms with van der Waals surface area (Å²) in [6.45, 7) is 1.36. The molecule has 0 unspecified atom stereocenters. The highest BCUT2D eigenvalue weighted by Crippen LogP contribution is 2.13. The Kier molecular flexibility index (Phi) is 6.01. The average molecular weight is 354 g/mol. The number of nitrogens with one attached hydrogen (secondary N) is 1. The monoisotopic (exact) mass is 354 g/mol. The van der Waals surface area contributed by atoms with Crippen molar-refractivity contribution in [3.05, 3.63) is 64.4 Å². The van der Waals surface area contributed by atoms with Crippen LogP contribution in [0.2, 0.25) is 0 Å². The predicted molar refractivity (Wildman–Crippen MR) is 101 cm³/mol. The average Bonchev–Trinajstić information content (AvgIpc) is 3.14. The summed E-state index contributed by atoms with van der Waals surface area (Å²) in [6, 6.07) is 13.9. The number of piperidine rings is 1. The number of benzene rings is 1. The highest BCUT2D eigenvalue weighted by Gasteiger charge is 2.22. The molecule has 0 radical (unpaired) electrons. The van der Waals surface area contributed by atoms with Gasteiger partial charge in [0, 0.05) is 30.1 Å². The van der Waals surface area contributed by atoms with Crippen molar-refractivity contribution in [2.45, 2.75) is 25.3 Å². The van der Waals surface area contributed by atoms with Crippen LogP contribution in [0.3, 0.4) is 0 Å². The standard InChI is InChI=1S/C20H22N2O2S/c23-19(15-18-7-4-14-25-18)21-17-10-12-22(13-11-17)20(24)9-8-16-5-2-1-3-6-16/h1-9,14,17H,10-13,15H2,(H,21,23)/b9-8+. The van der Waals surface area contributed by atoms with E-state index in [1.807, 2.05) is 58.8 Å². The Bertz CT molecular complexity index is 717. The first-order valence-electron chi connectivity index (χ1n) is 8.54. The number of hydrogen-bond donors (Lipinski definition) is 1. The molecule has 1 saturated heterocycles. The van der Waals surface area contributed by atoms with Crippen LogP contribution < -0.4 is 5.32 Å². The van der Waals surface area contributed by atoms with Crippen molar-refractivity contribution in [2.24, 2.45) is 0 Å². The normalized spacial score (nSPS) is 15.4. The summed E-state index contributed by atoms with van der Waals surface area (Å²) in [5, 5.41) is 5.07. The van der Waals surface area contributed by atoms with E-state index in [2.05, 4.69) is 5.32 Å². The number of thiophene rings is 1. The van der Waals surface area contributed by atoms with Gasteiger partial charge in [-0.05, 0) is 35.9 Å². The molecule has 1 aromatic heterocycles. The Morgan fingerprint density at radius 2 is 1.88 bits per heavy atom. The number of carbonyl (C=O) groups excluding carboxylic acids is 2. The highest BCUT2D eigenvalue weighted by atomic mass is 32.1.